The second-order valence-corrected chi connectivity index (χ2v) is 6.85. The molecule has 0 amide bonds. The number of anilines is 1. The van der Waals surface area contributed by atoms with E-state index in [9.17, 15) is 0 Å². The normalized spacial score (nSPS) is 11.2. The number of nitrogen functional groups attached to an aromatic ring is 1. The van der Waals surface area contributed by atoms with Gasteiger partial charge >= 0.3 is 0 Å². The van der Waals surface area contributed by atoms with Gasteiger partial charge in [-0.2, -0.15) is 5.10 Å². The Morgan fingerprint density at radius 2 is 2.11 bits per heavy atom. The van der Waals surface area contributed by atoms with E-state index in [1.54, 1.807) is 10.9 Å². The van der Waals surface area contributed by atoms with Crippen molar-refractivity contribution in [3.8, 4) is 11.1 Å². The van der Waals surface area contributed by atoms with Gasteiger partial charge in [-0.1, -0.05) is 19.9 Å². The van der Waals surface area contributed by atoms with Crippen molar-refractivity contribution in [1.29, 1.82) is 0 Å². The van der Waals surface area contributed by atoms with Crippen LogP contribution in [-0.2, 0) is 7.05 Å². The lowest BCUT2D eigenvalue weighted by Crippen LogP contribution is -1.98. The molecule has 2 rings (SSSR count). The molecule has 0 aliphatic rings. The summed E-state index contributed by atoms with van der Waals surface area (Å²) in [4.78, 5) is 1.25. The minimum absolute atomic E-state index is 0.565. The van der Waals surface area contributed by atoms with Crippen LogP contribution in [0.25, 0.3) is 11.1 Å². The van der Waals surface area contributed by atoms with Crippen molar-refractivity contribution in [2.75, 3.05) is 5.73 Å². The third-order valence-corrected chi connectivity index (χ3v) is 4.59. The van der Waals surface area contributed by atoms with E-state index < -0.39 is 0 Å². The van der Waals surface area contributed by atoms with Gasteiger partial charge in [-0.15, -0.1) is 11.8 Å². The van der Waals surface area contributed by atoms with Gasteiger partial charge in [0.1, 0.15) is 5.82 Å². The van der Waals surface area contributed by atoms with Gasteiger partial charge < -0.3 is 5.73 Å². The third kappa shape index (κ3) is 2.72. The van der Waals surface area contributed by atoms with Crippen molar-refractivity contribution < 1.29 is 0 Å². The predicted octanol–water partition coefficient (Wildman–Crippen LogP) is 3.93. The van der Waals surface area contributed by atoms with E-state index in [-0.39, 0.29) is 0 Å². The molecule has 2 aromatic rings. The Labute approximate surface area is 120 Å². The van der Waals surface area contributed by atoms with E-state index in [1.807, 2.05) is 18.8 Å². The summed E-state index contributed by atoms with van der Waals surface area (Å²) in [5, 5.41) is 4.73. The Bertz CT molecular complexity index is 563. The van der Waals surface area contributed by atoms with Gasteiger partial charge in [0.05, 0.1) is 6.20 Å². The van der Waals surface area contributed by atoms with Crippen LogP contribution in [0, 0.1) is 0 Å². The highest BCUT2D eigenvalue weighted by molar-refractivity contribution is 9.10. The van der Waals surface area contributed by atoms with E-state index >= 15 is 0 Å². The van der Waals surface area contributed by atoms with Crippen molar-refractivity contribution in [3.63, 3.8) is 0 Å². The molecule has 0 aliphatic heterocycles. The van der Waals surface area contributed by atoms with Crippen LogP contribution in [0.15, 0.2) is 33.8 Å². The van der Waals surface area contributed by atoms with E-state index in [0.717, 1.165) is 15.6 Å². The van der Waals surface area contributed by atoms with Gasteiger partial charge in [0, 0.05) is 27.2 Å². The highest BCUT2D eigenvalue weighted by atomic mass is 79.9. The molecule has 3 nitrogen and oxygen atoms in total. The average molecular weight is 326 g/mol. The first-order valence-corrected chi connectivity index (χ1v) is 7.40. The van der Waals surface area contributed by atoms with Crippen LogP contribution < -0.4 is 5.73 Å². The van der Waals surface area contributed by atoms with Crippen LogP contribution in [0.4, 0.5) is 5.82 Å². The monoisotopic (exact) mass is 325 g/mol. The fourth-order valence-electron chi connectivity index (χ4n) is 1.69. The van der Waals surface area contributed by atoms with E-state index in [2.05, 4.69) is 53.1 Å². The number of thioether (sulfide) groups is 1. The molecule has 0 saturated heterocycles. The quantitative estimate of drug-likeness (QED) is 0.869. The molecule has 0 fully saturated rings. The van der Waals surface area contributed by atoms with Crippen molar-refractivity contribution in [2.24, 2.45) is 7.05 Å². The van der Waals surface area contributed by atoms with Gasteiger partial charge in [0.25, 0.3) is 0 Å². The largest absolute Gasteiger partial charge is 0.383 e. The highest BCUT2D eigenvalue weighted by Crippen LogP contribution is 2.35. The van der Waals surface area contributed by atoms with E-state index in [4.69, 9.17) is 5.73 Å². The molecule has 18 heavy (non-hydrogen) atoms. The predicted molar refractivity (Wildman–Crippen MR) is 81.7 cm³/mol. The molecule has 0 atom stereocenters. The van der Waals surface area contributed by atoms with Gasteiger partial charge in [-0.25, -0.2) is 0 Å². The molecule has 0 radical (unpaired) electrons. The molecule has 1 heterocycles. The molecule has 0 spiro atoms. The van der Waals surface area contributed by atoms with Crippen LogP contribution in [0.5, 0.6) is 0 Å². The van der Waals surface area contributed by atoms with Gasteiger partial charge in [-0.3, -0.25) is 4.68 Å². The maximum atomic E-state index is 5.98. The van der Waals surface area contributed by atoms with Crippen LogP contribution >= 0.6 is 27.7 Å². The van der Waals surface area contributed by atoms with Crippen molar-refractivity contribution in [3.05, 3.63) is 28.9 Å². The zero-order valence-electron chi connectivity index (χ0n) is 10.6. The number of nitrogens with zero attached hydrogens (tertiary/aromatic N) is 2. The van der Waals surface area contributed by atoms with Crippen molar-refractivity contribution >= 4 is 33.5 Å². The van der Waals surface area contributed by atoms with Gasteiger partial charge in [-0.05, 0) is 33.6 Å². The standard InChI is InChI=1S/C13H16BrN3S/c1-8(2)18-12-5-4-9(6-11(12)14)10-7-16-17(3)13(10)15/h4-8H,15H2,1-3H3. The zero-order chi connectivity index (χ0) is 13.3. The number of aromatic nitrogens is 2. The molecule has 96 valence electrons. The topological polar surface area (TPSA) is 43.8 Å². The third-order valence-electron chi connectivity index (χ3n) is 2.59. The zero-order valence-corrected chi connectivity index (χ0v) is 13.0. The lowest BCUT2D eigenvalue weighted by molar-refractivity contribution is 0.779. The second-order valence-electron chi connectivity index (χ2n) is 4.38. The summed E-state index contributed by atoms with van der Waals surface area (Å²) in [6, 6.07) is 6.30. The second kappa shape index (κ2) is 5.36. The maximum Gasteiger partial charge on any atom is 0.129 e. The lowest BCUT2D eigenvalue weighted by atomic mass is 10.1. The smallest absolute Gasteiger partial charge is 0.129 e. The highest BCUT2D eigenvalue weighted by Gasteiger charge is 2.10. The Morgan fingerprint density at radius 3 is 2.61 bits per heavy atom. The fourth-order valence-corrected chi connectivity index (χ4v) is 3.17. The summed E-state index contributed by atoms with van der Waals surface area (Å²) in [6.45, 7) is 4.37. The van der Waals surface area contributed by atoms with Crippen LogP contribution in [-0.4, -0.2) is 15.0 Å². The summed E-state index contributed by atoms with van der Waals surface area (Å²) in [6.07, 6.45) is 1.80. The number of aryl methyl sites for hydroxylation is 1. The Kier molecular flexibility index (Phi) is 4.02. The number of benzene rings is 1. The molecule has 0 aliphatic carbocycles. The van der Waals surface area contributed by atoms with E-state index in [1.165, 1.54) is 4.90 Å². The lowest BCUT2D eigenvalue weighted by Gasteiger charge is -2.09. The Morgan fingerprint density at radius 1 is 1.39 bits per heavy atom. The number of rotatable bonds is 3. The fraction of sp³-hybridized carbons (Fsp3) is 0.308. The van der Waals surface area contributed by atoms with Gasteiger partial charge in [0.2, 0.25) is 0 Å². The maximum absolute atomic E-state index is 5.98. The van der Waals surface area contributed by atoms with Gasteiger partial charge in [0.15, 0.2) is 0 Å². The molecule has 0 bridgehead atoms. The van der Waals surface area contributed by atoms with Crippen molar-refractivity contribution in [1.82, 2.24) is 9.78 Å². The molecule has 1 aromatic carbocycles. The molecule has 5 heteroatoms. The minimum atomic E-state index is 0.565. The van der Waals surface area contributed by atoms with E-state index in [0.29, 0.717) is 11.1 Å². The molecule has 1 aromatic heterocycles. The summed E-state index contributed by atoms with van der Waals surface area (Å²) >= 11 is 5.45. The summed E-state index contributed by atoms with van der Waals surface area (Å²) in [5.41, 5.74) is 8.04. The minimum Gasteiger partial charge on any atom is -0.383 e. The summed E-state index contributed by atoms with van der Waals surface area (Å²) < 4.78 is 2.78. The number of nitrogens with two attached hydrogens (primary N) is 1. The number of halogens is 1. The first-order valence-electron chi connectivity index (χ1n) is 5.73. The summed E-state index contributed by atoms with van der Waals surface area (Å²) in [7, 11) is 1.84. The Hall–Kier alpha value is -0.940. The first kappa shape index (κ1) is 13.5. The number of hydrogen-bond donors (Lipinski definition) is 1. The van der Waals surface area contributed by atoms with Crippen molar-refractivity contribution in [2.45, 2.75) is 24.0 Å². The average Bonchev–Trinajstić information content (AvgIpc) is 2.62. The van der Waals surface area contributed by atoms with Crippen LogP contribution in [0.2, 0.25) is 0 Å². The summed E-state index contributed by atoms with van der Waals surface area (Å²) in [5.74, 6) is 0.686. The van der Waals surface area contributed by atoms with Crippen LogP contribution in [0.3, 0.4) is 0 Å². The number of hydrogen-bond acceptors (Lipinski definition) is 3. The molecule has 0 saturated carbocycles. The van der Waals surface area contributed by atoms with Crippen LogP contribution in [0.1, 0.15) is 13.8 Å². The molecular formula is C13H16BrN3S. The molecule has 0 unspecified atom stereocenters. The Balaban J connectivity index is 2.37. The SMILES string of the molecule is CC(C)Sc1ccc(-c2cnn(C)c2N)cc1Br. The molecular weight excluding hydrogens is 310 g/mol. The molecule has 2 N–H and O–H groups in total. The first-order chi connectivity index (χ1) is 8.49.